The highest BCUT2D eigenvalue weighted by molar-refractivity contribution is 5.84. The molecule has 2 aromatic rings. The molecule has 0 heterocycles. The van der Waals surface area contributed by atoms with Crippen molar-refractivity contribution in [2.75, 3.05) is 13.2 Å². The van der Waals surface area contributed by atoms with Gasteiger partial charge in [-0.1, -0.05) is 58.9 Å². The molecule has 0 bridgehead atoms. The van der Waals surface area contributed by atoms with E-state index in [-0.39, 0.29) is 11.2 Å². The minimum absolute atomic E-state index is 0.0876. The van der Waals surface area contributed by atoms with Crippen LogP contribution in [0.4, 0.5) is 22.0 Å². The van der Waals surface area contributed by atoms with Crippen molar-refractivity contribution in [2.24, 2.45) is 11.3 Å². The third-order valence-corrected chi connectivity index (χ3v) is 5.18. The van der Waals surface area contributed by atoms with Gasteiger partial charge in [-0.15, -0.1) is 0 Å². The molecule has 3 nitrogen and oxygen atoms in total. The molecule has 0 aromatic heterocycles. The predicted octanol–water partition coefficient (Wildman–Crippen LogP) is 7.14. The van der Waals surface area contributed by atoms with E-state index in [0.717, 1.165) is 17.2 Å². The summed E-state index contributed by atoms with van der Waals surface area (Å²) in [6, 6.07) is 11.2. The smallest absolute Gasteiger partial charge is 0.456 e. The first-order valence-corrected chi connectivity index (χ1v) is 10.4. The van der Waals surface area contributed by atoms with Crippen LogP contribution in [0.15, 0.2) is 36.4 Å². The first-order chi connectivity index (χ1) is 14.6. The average molecular weight is 460 g/mol. The first-order valence-electron chi connectivity index (χ1n) is 10.4. The lowest BCUT2D eigenvalue weighted by Crippen LogP contribution is -2.41. The van der Waals surface area contributed by atoms with Crippen LogP contribution in [0.5, 0.6) is 5.75 Å². The maximum atomic E-state index is 12.8. The van der Waals surface area contributed by atoms with Gasteiger partial charge in [-0.3, -0.25) is 0 Å². The summed E-state index contributed by atoms with van der Waals surface area (Å²) >= 11 is 0. The normalized spacial score (nSPS) is 14.0. The molecule has 1 atom stereocenters. The van der Waals surface area contributed by atoms with Crippen LogP contribution >= 0.6 is 0 Å². The number of fused-ring (bicyclic) bond motifs is 1. The highest BCUT2D eigenvalue weighted by Crippen LogP contribution is 2.41. The minimum Gasteiger partial charge on any atom is -0.482 e. The first kappa shape index (κ1) is 25.9. The standard InChI is InChI=1S/C24H29F5O3/c1-15(2)10-20(22(3,4)5)18-7-6-17-12-19(9-8-16(17)11-18)31-13-21(30)32-14-23(25,26)24(27,28)29/h6-9,11-12,15,20H,10,13-14H2,1-5H3. The second-order valence-electron chi connectivity index (χ2n) is 9.47. The Balaban J connectivity index is 2.07. The highest BCUT2D eigenvalue weighted by Gasteiger charge is 2.58. The van der Waals surface area contributed by atoms with Gasteiger partial charge in [0.2, 0.25) is 0 Å². The average Bonchev–Trinajstić information content (AvgIpc) is 2.66. The number of benzene rings is 2. The molecule has 0 fully saturated rings. The predicted molar refractivity (Wildman–Crippen MR) is 113 cm³/mol. The molecule has 0 aliphatic heterocycles. The molecule has 0 aliphatic rings. The summed E-state index contributed by atoms with van der Waals surface area (Å²) in [5, 5.41) is 1.82. The fraction of sp³-hybridized carbons (Fsp3) is 0.542. The van der Waals surface area contributed by atoms with E-state index in [1.165, 1.54) is 5.56 Å². The van der Waals surface area contributed by atoms with Crippen molar-refractivity contribution in [3.8, 4) is 5.75 Å². The summed E-state index contributed by atoms with van der Waals surface area (Å²) in [6.45, 7) is 8.17. The van der Waals surface area contributed by atoms with Crippen LogP contribution in [0, 0.1) is 11.3 Å². The molecule has 0 spiro atoms. The van der Waals surface area contributed by atoms with Gasteiger partial charge in [0, 0.05) is 0 Å². The highest BCUT2D eigenvalue weighted by atomic mass is 19.4. The van der Waals surface area contributed by atoms with E-state index in [9.17, 15) is 26.7 Å². The molecule has 0 saturated heterocycles. The number of rotatable bonds is 8. The van der Waals surface area contributed by atoms with Crippen LogP contribution in [0.3, 0.4) is 0 Å². The Morgan fingerprint density at radius 2 is 1.53 bits per heavy atom. The van der Waals surface area contributed by atoms with Crippen LogP contribution in [0.2, 0.25) is 0 Å². The van der Waals surface area contributed by atoms with Gasteiger partial charge in [-0.25, -0.2) is 4.79 Å². The number of halogens is 5. The molecule has 0 amide bonds. The Morgan fingerprint density at radius 3 is 2.09 bits per heavy atom. The van der Waals surface area contributed by atoms with Crippen LogP contribution in [0.25, 0.3) is 10.8 Å². The van der Waals surface area contributed by atoms with Crippen LogP contribution in [-0.2, 0) is 9.53 Å². The van der Waals surface area contributed by atoms with E-state index in [0.29, 0.717) is 11.8 Å². The third kappa shape index (κ3) is 6.81. The van der Waals surface area contributed by atoms with Gasteiger partial charge in [0.15, 0.2) is 13.2 Å². The summed E-state index contributed by atoms with van der Waals surface area (Å²) in [5.74, 6) is -5.23. The second-order valence-corrected chi connectivity index (χ2v) is 9.47. The number of esters is 1. The maximum absolute atomic E-state index is 12.8. The quantitative estimate of drug-likeness (QED) is 0.310. The summed E-state index contributed by atoms with van der Waals surface area (Å²) < 4.78 is 71.2. The Labute approximate surface area is 184 Å². The van der Waals surface area contributed by atoms with Gasteiger partial charge in [0.25, 0.3) is 0 Å². The third-order valence-electron chi connectivity index (χ3n) is 5.18. The molecule has 0 N–H and O–H groups in total. The molecule has 0 saturated carbocycles. The van der Waals surface area contributed by atoms with E-state index in [4.69, 9.17) is 4.74 Å². The number of hydrogen-bond donors (Lipinski definition) is 0. The number of carbonyl (C=O) groups is 1. The fourth-order valence-electron chi connectivity index (χ4n) is 3.45. The van der Waals surface area contributed by atoms with Crippen molar-refractivity contribution in [3.05, 3.63) is 42.0 Å². The second kappa shape index (κ2) is 9.63. The van der Waals surface area contributed by atoms with Gasteiger partial charge in [0.05, 0.1) is 0 Å². The molecular formula is C24H29F5O3. The number of ether oxygens (including phenoxy) is 2. The lowest BCUT2D eigenvalue weighted by molar-refractivity contribution is -0.294. The zero-order valence-corrected chi connectivity index (χ0v) is 18.9. The Hall–Kier alpha value is -2.38. The molecule has 1 unspecified atom stereocenters. The molecule has 2 aromatic carbocycles. The van der Waals surface area contributed by atoms with Crippen molar-refractivity contribution < 1.29 is 36.2 Å². The van der Waals surface area contributed by atoms with Crippen molar-refractivity contribution >= 4 is 16.7 Å². The molecule has 2 rings (SSSR count). The van der Waals surface area contributed by atoms with E-state index in [2.05, 4.69) is 51.5 Å². The minimum atomic E-state index is -5.79. The van der Waals surface area contributed by atoms with Crippen LogP contribution in [0.1, 0.15) is 52.5 Å². The van der Waals surface area contributed by atoms with Gasteiger partial charge >= 0.3 is 18.1 Å². The van der Waals surface area contributed by atoms with Gasteiger partial charge in [-0.2, -0.15) is 22.0 Å². The zero-order chi connectivity index (χ0) is 24.3. The van der Waals surface area contributed by atoms with E-state index >= 15 is 0 Å². The van der Waals surface area contributed by atoms with E-state index < -0.39 is 31.3 Å². The number of alkyl halides is 5. The Morgan fingerprint density at radius 1 is 0.938 bits per heavy atom. The molecule has 0 radical (unpaired) electrons. The van der Waals surface area contributed by atoms with Crippen molar-refractivity contribution in [2.45, 2.75) is 59.1 Å². The van der Waals surface area contributed by atoms with Crippen molar-refractivity contribution in [1.82, 2.24) is 0 Å². The molecular weight excluding hydrogens is 431 g/mol. The van der Waals surface area contributed by atoms with Gasteiger partial charge in [0.1, 0.15) is 5.75 Å². The van der Waals surface area contributed by atoms with Gasteiger partial charge < -0.3 is 9.47 Å². The number of carbonyl (C=O) groups excluding carboxylic acids is 1. The molecule has 8 heteroatoms. The topological polar surface area (TPSA) is 35.5 Å². The van der Waals surface area contributed by atoms with Crippen molar-refractivity contribution in [3.63, 3.8) is 0 Å². The molecule has 32 heavy (non-hydrogen) atoms. The van der Waals surface area contributed by atoms with Crippen molar-refractivity contribution in [1.29, 1.82) is 0 Å². The summed E-state index contributed by atoms with van der Waals surface area (Å²) in [6.07, 6.45) is -4.74. The fourth-order valence-corrected chi connectivity index (χ4v) is 3.45. The zero-order valence-electron chi connectivity index (χ0n) is 18.9. The largest absolute Gasteiger partial charge is 0.482 e. The summed E-state index contributed by atoms with van der Waals surface area (Å²) in [5.41, 5.74) is 1.31. The van der Waals surface area contributed by atoms with E-state index in [1.807, 2.05) is 12.1 Å². The number of hydrogen-bond acceptors (Lipinski definition) is 3. The Bertz CT molecular complexity index is 929. The lowest BCUT2D eigenvalue weighted by atomic mass is 9.72. The Kier molecular flexibility index (Phi) is 7.79. The summed E-state index contributed by atoms with van der Waals surface area (Å²) in [7, 11) is 0. The van der Waals surface area contributed by atoms with Crippen LogP contribution < -0.4 is 4.74 Å². The maximum Gasteiger partial charge on any atom is 0.456 e. The van der Waals surface area contributed by atoms with Gasteiger partial charge in [-0.05, 0) is 52.1 Å². The summed E-state index contributed by atoms with van der Waals surface area (Å²) in [4.78, 5) is 11.5. The van der Waals surface area contributed by atoms with Crippen LogP contribution in [-0.4, -0.2) is 31.3 Å². The van der Waals surface area contributed by atoms with E-state index in [1.54, 1.807) is 12.1 Å². The lowest BCUT2D eigenvalue weighted by Gasteiger charge is -2.33. The SMILES string of the molecule is CC(C)CC(c1ccc2cc(OCC(=O)OCC(F)(F)C(F)(F)F)ccc2c1)C(C)(C)C. The molecule has 0 aliphatic carbocycles. The molecule has 178 valence electrons. The monoisotopic (exact) mass is 460 g/mol.